The monoisotopic (exact) mass is 354 g/mol. The molecule has 25 heavy (non-hydrogen) atoms. The number of carbonyl (C=O) groups is 1. The predicted octanol–water partition coefficient (Wildman–Crippen LogP) is 4.24. The molecule has 0 heterocycles. The first-order valence-corrected chi connectivity index (χ1v) is 7.07. The van der Waals surface area contributed by atoms with E-state index in [1.54, 1.807) is 30.3 Å². The number of anilines is 1. The molecule has 2 rings (SSSR count). The summed E-state index contributed by atoms with van der Waals surface area (Å²) >= 11 is 0. The van der Waals surface area contributed by atoms with Gasteiger partial charge in [-0.25, -0.2) is 0 Å². The lowest BCUT2D eigenvalue weighted by Gasteiger charge is -2.19. The van der Waals surface area contributed by atoms with Crippen LogP contribution in [0.2, 0.25) is 0 Å². The Morgan fingerprint density at radius 2 is 1.84 bits per heavy atom. The minimum absolute atomic E-state index is 0.187. The van der Waals surface area contributed by atoms with Gasteiger partial charge in [-0.05, 0) is 17.7 Å². The Kier molecular flexibility index (Phi) is 5.26. The van der Waals surface area contributed by atoms with Crippen molar-refractivity contribution in [1.29, 1.82) is 0 Å². The molecule has 0 aliphatic rings. The van der Waals surface area contributed by atoms with E-state index in [1.165, 1.54) is 0 Å². The van der Waals surface area contributed by atoms with Crippen LogP contribution in [0.25, 0.3) is 0 Å². The van der Waals surface area contributed by atoms with Gasteiger partial charge in [-0.3, -0.25) is 14.9 Å². The van der Waals surface area contributed by atoms with Crippen molar-refractivity contribution in [2.24, 2.45) is 0 Å². The Morgan fingerprint density at radius 3 is 2.36 bits per heavy atom. The number of nitrogens with one attached hydrogen (secondary N) is 1. The second-order valence-corrected chi connectivity index (χ2v) is 5.19. The van der Waals surface area contributed by atoms with Crippen molar-refractivity contribution in [2.45, 2.75) is 18.6 Å². The molecule has 132 valence electrons. The average molecular weight is 354 g/mol. The van der Waals surface area contributed by atoms with E-state index >= 15 is 0 Å². The number of carboxylic acid groups (broad SMARTS) is 1. The molecule has 0 saturated heterocycles. The number of hydrogen-bond donors (Lipinski definition) is 2. The van der Waals surface area contributed by atoms with Crippen molar-refractivity contribution < 1.29 is 28.0 Å². The molecule has 2 aromatic rings. The summed E-state index contributed by atoms with van der Waals surface area (Å²) in [5.41, 5.74) is -1.58. The summed E-state index contributed by atoms with van der Waals surface area (Å²) in [6.45, 7) is 0. The molecule has 0 aliphatic carbocycles. The van der Waals surface area contributed by atoms with E-state index in [2.05, 4.69) is 5.32 Å². The SMILES string of the molecule is O=C(O)C[C@@H](Nc1ccc(C(F)(F)F)cc1[N+](=O)[O-])c1ccccc1. The molecular formula is C16H13F3N2O4. The normalized spacial score (nSPS) is 12.4. The fourth-order valence-electron chi connectivity index (χ4n) is 2.28. The van der Waals surface area contributed by atoms with Crippen LogP contribution in [-0.4, -0.2) is 16.0 Å². The van der Waals surface area contributed by atoms with E-state index < -0.39 is 40.8 Å². The van der Waals surface area contributed by atoms with Gasteiger partial charge in [0.25, 0.3) is 5.69 Å². The highest BCUT2D eigenvalue weighted by Gasteiger charge is 2.33. The first kappa shape index (κ1) is 18.2. The van der Waals surface area contributed by atoms with Crippen LogP contribution in [0.5, 0.6) is 0 Å². The van der Waals surface area contributed by atoms with Gasteiger partial charge < -0.3 is 10.4 Å². The summed E-state index contributed by atoms with van der Waals surface area (Å²) in [6, 6.07) is 9.49. The van der Waals surface area contributed by atoms with Gasteiger partial charge in [0.15, 0.2) is 0 Å². The van der Waals surface area contributed by atoms with Gasteiger partial charge >= 0.3 is 12.1 Å². The fourth-order valence-corrected chi connectivity index (χ4v) is 2.28. The van der Waals surface area contributed by atoms with Crippen LogP contribution in [0.3, 0.4) is 0 Å². The highest BCUT2D eigenvalue weighted by atomic mass is 19.4. The average Bonchev–Trinajstić information content (AvgIpc) is 2.53. The Hall–Kier alpha value is -3.10. The van der Waals surface area contributed by atoms with Crippen LogP contribution >= 0.6 is 0 Å². The lowest BCUT2D eigenvalue weighted by Crippen LogP contribution is -2.16. The number of nitro benzene ring substituents is 1. The molecule has 0 amide bonds. The largest absolute Gasteiger partial charge is 0.481 e. The first-order valence-electron chi connectivity index (χ1n) is 7.07. The zero-order valence-corrected chi connectivity index (χ0v) is 12.7. The lowest BCUT2D eigenvalue weighted by atomic mass is 10.0. The summed E-state index contributed by atoms with van der Waals surface area (Å²) in [6.07, 6.45) is -5.12. The maximum absolute atomic E-state index is 12.7. The van der Waals surface area contributed by atoms with Crippen LogP contribution in [0.15, 0.2) is 48.5 Å². The lowest BCUT2D eigenvalue weighted by molar-refractivity contribution is -0.384. The molecule has 6 nitrogen and oxygen atoms in total. The number of carboxylic acids is 1. The topological polar surface area (TPSA) is 92.5 Å². The highest BCUT2D eigenvalue weighted by molar-refractivity contribution is 5.70. The first-order chi connectivity index (χ1) is 11.7. The Balaban J connectivity index is 2.41. The van der Waals surface area contributed by atoms with Gasteiger partial charge in [0.1, 0.15) is 5.69 Å². The number of aliphatic carboxylic acids is 1. The van der Waals surface area contributed by atoms with E-state index in [1.807, 2.05) is 0 Å². The van der Waals surface area contributed by atoms with Crippen molar-refractivity contribution in [1.82, 2.24) is 0 Å². The van der Waals surface area contributed by atoms with Crippen molar-refractivity contribution in [3.8, 4) is 0 Å². The zero-order chi connectivity index (χ0) is 18.6. The number of halogens is 3. The van der Waals surface area contributed by atoms with Crippen molar-refractivity contribution in [2.75, 3.05) is 5.32 Å². The Bertz CT molecular complexity index is 779. The maximum Gasteiger partial charge on any atom is 0.416 e. The van der Waals surface area contributed by atoms with Gasteiger partial charge in [0.05, 0.1) is 22.9 Å². The molecule has 9 heteroatoms. The van der Waals surface area contributed by atoms with Gasteiger partial charge in [0, 0.05) is 6.07 Å². The van der Waals surface area contributed by atoms with Gasteiger partial charge in [-0.2, -0.15) is 13.2 Å². The molecule has 2 N–H and O–H groups in total. The van der Waals surface area contributed by atoms with E-state index in [0.29, 0.717) is 17.7 Å². The van der Waals surface area contributed by atoms with Gasteiger partial charge in [0.2, 0.25) is 0 Å². The van der Waals surface area contributed by atoms with Crippen LogP contribution in [0, 0.1) is 10.1 Å². The van der Waals surface area contributed by atoms with Gasteiger partial charge in [-0.1, -0.05) is 30.3 Å². The van der Waals surface area contributed by atoms with E-state index in [4.69, 9.17) is 5.11 Å². The molecule has 0 aliphatic heterocycles. The van der Waals surface area contributed by atoms with E-state index in [9.17, 15) is 28.1 Å². The highest BCUT2D eigenvalue weighted by Crippen LogP contribution is 2.36. The second kappa shape index (κ2) is 7.20. The van der Waals surface area contributed by atoms with E-state index in [0.717, 1.165) is 6.07 Å². The molecule has 0 unspecified atom stereocenters. The quantitative estimate of drug-likeness (QED) is 0.598. The standard InChI is InChI=1S/C16H13F3N2O4/c17-16(18,19)11-6-7-12(14(8-11)21(24)25)20-13(9-15(22)23)10-4-2-1-3-5-10/h1-8,13,20H,9H2,(H,22,23)/t13-/m1/s1. The zero-order valence-electron chi connectivity index (χ0n) is 12.7. The van der Waals surface area contributed by atoms with E-state index in [-0.39, 0.29) is 5.69 Å². The van der Waals surface area contributed by atoms with Crippen LogP contribution in [-0.2, 0) is 11.0 Å². The summed E-state index contributed by atoms with van der Waals surface area (Å²) < 4.78 is 38.2. The number of hydrogen-bond acceptors (Lipinski definition) is 4. The Morgan fingerprint density at radius 1 is 1.20 bits per heavy atom. The van der Waals surface area contributed by atoms with Crippen LogP contribution < -0.4 is 5.32 Å². The number of alkyl halides is 3. The molecule has 0 radical (unpaired) electrons. The van der Waals surface area contributed by atoms with Crippen molar-refractivity contribution in [3.05, 3.63) is 69.8 Å². The van der Waals surface area contributed by atoms with Gasteiger partial charge in [-0.15, -0.1) is 0 Å². The van der Waals surface area contributed by atoms with Crippen LogP contribution in [0.1, 0.15) is 23.6 Å². The summed E-state index contributed by atoms with van der Waals surface area (Å²) in [7, 11) is 0. The number of nitro groups is 1. The van der Waals surface area contributed by atoms with Crippen LogP contribution in [0.4, 0.5) is 24.5 Å². The third-order valence-corrected chi connectivity index (χ3v) is 3.43. The fraction of sp³-hybridized carbons (Fsp3) is 0.188. The molecule has 0 aromatic heterocycles. The third-order valence-electron chi connectivity index (χ3n) is 3.43. The summed E-state index contributed by atoms with van der Waals surface area (Å²) in [5.74, 6) is -1.16. The second-order valence-electron chi connectivity index (χ2n) is 5.19. The van der Waals surface area contributed by atoms with Crippen molar-refractivity contribution >= 4 is 17.3 Å². The molecule has 0 fully saturated rings. The number of benzene rings is 2. The minimum atomic E-state index is -4.72. The number of rotatable bonds is 6. The molecule has 0 bridgehead atoms. The molecule has 1 atom stereocenters. The minimum Gasteiger partial charge on any atom is -0.481 e. The molecule has 2 aromatic carbocycles. The summed E-state index contributed by atoms with van der Waals surface area (Å²) in [4.78, 5) is 21.2. The Labute approximate surface area is 140 Å². The molecule has 0 spiro atoms. The summed E-state index contributed by atoms with van der Waals surface area (Å²) in [5, 5.41) is 22.8. The molecular weight excluding hydrogens is 341 g/mol. The predicted molar refractivity (Wildman–Crippen MR) is 83.2 cm³/mol. The smallest absolute Gasteiger partial charge is 0.416 e. The maximum atomic E-state index is 12.7. The van der Waals surface area contributed by atoms with Crippen molar-refractivity contribution in [3.63, 3.8) is 0 Å². The third kappa shape index (κ3) is 4.69. The number of nitrogens with zero attached hydrogens (tertiary/aromatic N) is 1. The molecule has 0 saturated carbocycles.